The Morgan fingerprint density at radius 2 is 2.00 bits per heavy atom. The van der Waals surface area contributed by atoms with Crippen molar-refractivity contribution in [1.82, 2.24) is 9.80 Å². The maximum atomic E-state index is 2.72. The van der Waals surface area contributed by atoms with Crippen molar-refractivity contribution in [3.05, 3.63) is 35.4 Å². The SMILES string of the molecule is Cc1ccccc1CCN1CCN2CCCCC2C1. The van der Waals surface area contributed by atoms with E-state index in [1.165, 1.54) is 69.5 Å². The molecule has 1 aromatic rings. The van der Waals surface area contributed by atoms with E-state index in [4.69, 9.17) is 0 Å². The minimum Gasteiger partial charge on any atom is -0.300 e. The third kappa shape index (κ3) is 3.18. The molecule has 0 aliphatic carbocycles. The average molecular weight is 258 g/mol. The summed E-state index contributed by atoms with van der Waals surface area (Å²) in [6.45, 7) is 8.66. The van der Waals surface area contributed by atoms with Crippen LogP contribution < -0.4 is 0 Å². The topological polar surface area (TPSA) is 6.48 Å². The Bertz CT molecular complexity index is 415. The number of hydrogen-bond donors (Lipinski definition) is 0. The number of hydrogen-bond acceptors (Lipinski definition) is 2. The van der Waals surface area contributed by atoms with Crippen LogP contribution in [0.5, 0.6) is 0 Å². The Morgan fingerprint density at radius 3 is 2.89 bits per heavy atom. The molecule has 1 aromatic carbocycles. The number of nitrogens with zero attached hydrogens (tertiary/aromatic N) is 2. The van der Waals surface area contributed by atoms with Gasteiger partial charge in [-0.1, -0.05) is 30.7 Å². The molecular formula is C17H26N2. The van der Waals surface area contributed by atoms with Crippen LogP contribution in [0.2, 0.25) is 0 Å². The third-order valence-electron chi connectivity index (χ3n) is 4.88. The lowest BCUT2D eigenvalue weighted by Crippen LogP contribution is -2.55. The molecule has 0 amide bonds. The lowest BCUT2D eigenvalue weighted by molar-refractivity contribution is 0.0500. The van der Waals surface area contributed by atoms with Gasteiger partial charge in [-0.3, -0.25) is 4.90 Å². The fourth-order valence-electron chi connectivity index (χ4n) is 3.59. The summed E-state index contributed by atoms with van der Waals surface area (Å²) in [5.41, 5.74) is 2.97. The van der Waals surface area contributed by atoms with Crippen LogP contribution in [-0.2, 0) is 6.42 Å². The molecule has 2 saturated heterocycles. The van der Waals surface area contributed by atoms with E-state index in [0.29, 0.717) is 0 Å². The van der Waals surface area contributed by atoms with Gasteiger partial charge in [-0.05, 0) is 43.9 Å². The quantitative estimate of drug-likeness (QED) is 0.822. The highest BCUT2D eigenvalue weighted by molar-refractivity contribution is 5.25. The van der Waals surface area contributed by atoms with Crippen molar-refractivity contribution in [2.45, 2.75) is 38.6 Å². The van der Waals surface area contributed by atoms with Crippen LogP contribution in [-0.4, -0.2) is 48.6 Å². The zero-order valence-corrected chi connectivity index (χ0v) is 12.1. The smallest absolute Gasteiger partial charge is 0.0223 e. The van der Waals surface area contributed by atoms with E-state index in [0.717, 1.165) is 6.04 Å². The molecule has 0 aromatic heterocycles. The normalized spacial score (nSPS) is 25.2. The van der Waals surface area contributed by atoms with Gasteiger partial charge < -0.3 is 4.90 Å². The fraction of sp³-hybridized carbons (Fsp3) is 0.647. The zero-order valence-electron chi connectivity index (χ0n) is 12.1. The van der Waals surface area contributed by atoms with E-state index in [1.807, 2.05) is 0 Å². The predicted octanol–water partition coefficient (Wildman–Crippen LogP) is 2.71. The second kappa shape index (κ2) is 6.06. The van der Waals surface area contributed by atoms with E-state index in [-0.39, 0.29) is 0 Å². The van der Waals surface area contributed by atoms with Gasteiger partial charge in [0.2, 0.25) is 0 Å². The first kappa shape index (κ1) is 13.1. The molecule has 104 valence electrons. The molecule has 3 rings (SSSR count). The van der Waals surface area contributed by atoms with Crippen molar-refractivity contribution in [3.8, 4) is 0 Å². The summed E-state index contributed by atoms with van der Waals surface area (Å²) < 4.78 is 0. The van der Waals surface area contributed by atoms with E-state index in [1.54, 1.807) is 0 Å². The molecule has 1 unspecified atom stereocenters. The number of piperidine rings is 1. The maximum Gasteiger partial charge on any atom is 0.0223 e. The Labute approximate surface area is 117 Å². The minimum absolute atomic E-state index is 0.847. The van der Waals surface area contributed by atoms with Crippen LogP contribution in [0.15, 0.2) is 24.3 Å². The van der Waals surface area contributed by atoms with Crippen LogP contribution in [0.4, 0.5) is 0 Å². The molecular weight excluding hydrogens is 232 g/mol. The van der Waals surface area contributed by atoms with Gasteiger partial charge in [-0.25, -0.2) is 0 Å². The molecule has 0 radical (unpaired) electrons. The number of fused-ring (bicyclic) bond motifs is 1. The first-order chi connectivity index (χ1) is 9.33. The Morgan fingerprint density at radius 1 is 1.11 bits per heavy atom. The maximum absolute atomic E-state index is 2.72. The summed E-state index contributed by atoms with van der Waals surface area (Å²) in [5.74, 6) is 0. The average Bonchev–Trinajstić information content (AvgIpc) is 2.46. The molecule has 2 heteroatoms. The highest BCUT2D eigenvalue weighted by Crippen LogP contribution is 2.21. The van der Waals surface area contributed by atoms with Gasteiger partial charge in [-0.15, -0.1) is 0 Å². The van der Waals surface area contributed by atoms with Crippen molar-refractivity contribution < 1.29 is 0 Å². The van der Waals surface area contributed by atoms with E-state index < -0.39 is 0 Å². The van der Waals surface area contributed by atoms with Crippen LogP contribution in [0.1, 0.15) is 30.4 Å². The minimum atomic E-state index is 0.847. The van der Waals surface area contributed by atoms with Crippen LogP contribution >= 0.6 is 0 Å². The molecule has 0 spiro atoms. The molecule has 2 aliphatic heterocycles. The Kier molecular flexibility index (Phi) is 4.19. The predicted molar refractivity (Wildman–Crippen MR) is 80.5 cm³/mol. The Balaban J connectivity index is 1.52. The molecule has 2 aliphatic rings. The third-order valence-corrected chi connectivity index (χ3v) is 4.88. The van der Waals surface area contributed by atoms with Crippen LogP contribution in [0.25, 0.3) is 0 Å². The van der Waals surface area contributed by atoms with Gasteiger partial charge in [-0.2, -0.15) is 0 Å². The van der Waals surface area contributed by atoms with E-state index >= 15 is 0 Å². The summed E-state index contributed by atoms with van der Waals surface area (Å²) in [5, 5.41) is 0. The standard InChI is InChI=1S/C17H26N2/c1-15-6-2-3-7-16(15)9-11-18-12-13-19-10-5-4-8-17(19)14-18/h2-3,6-7,17H,4-5,8-14H2,1H3. The van der Waals surface area contributed by atoms with Gasteiger partial charge in [0, 0.05) is 32.2 Å². The molecule has 0 saturated carbocycles. The number of benzene rings is 1. The Hall–Kier alpha value is -0.860. The van der Waals surface area contributed by atoms with Crippen LogP contribution in [0, 0.1) is 6.92 Å². The molecule has 2 fully saturated rings. The molecule has 0 bridgehead atoms. The summed E-state index contributed by atoms with van der Waals surface area (Å²) in [4.78, 5) is 5.40. The van der Waals surface area contributed by atoms with E-state index in [9.17, 15) is 0 Å². The molecule has 1 atom stereocenters. The van der Waals surface area contributed by atoms with Crippen molar-refractivity contribution in [1.29, 1.82) is 0 Å². The van der Waals surface area contributed by atoms with Gasteiger partial charge in [0.15, 0.2) is 0 Å². The highest BCUT2D eigenvalue weighted by Gasteiger charge is 2.28. The van der Waals surface area contributed by atoms with Crippen molar-refractivity contribution in [3.63, 3.8) is 0 Å². The number of piperazine rings is 1. The first-order valence-corrected chi connectivity index (χ1v) is 7.84. The first-order valence-electron chi connectivity index (χ1n) is 7.84. The number of rotatable bonds is 3. The number of aryl methyl sites for hydroxylation is 1. The van der Waals surface area contributed by atoms with Crippen molar-refractivity contribution in [2.24, 2.45) is 0 Å². The zero-order chi connectivity index (χ0) is 13.1. The van der Waals surface area contributed by atoms with E-state index in [2.05, 4.69) is 41.0 Å². The summed E-state index contributed by atoms with van der Waals surface area (Å²) >= 11 is 0. The fourth-order valence-corrected chi connectivity index (χ4v) is 3.59. The van der Waals surface area contributed by atoms with Gasteiger partial charge in [0.05, 0.1) is 0 Å². The van der Waals surface area contributed by atoms with Crippen molar-refractivity contribution in [2.75, 3.05) is 32.7 Å². The monoisotopic (exact) mass is 258 g/mol. The molecule has 2 heterocycles. The van der Waals surface area contributed by atoms with Gasteiger partial charge in [0.25, 0.3) is 0 Å². The highest BCUT2D eigenvalue weighted by atomic mass is 15.3. The lowest BCUT2D eigenvalue weighted by Gasteiger charge is -2.44. The molecule has 2 nitrogen and oxygen atoms in total. The largest absolute Gasteiger partial charge is 0.300 e. The van der Waals surface area contributed by atoms with Crippen molar-refractivity contribution >= 4 is 0 Å². The van der Waals surface area contributed by atoms with Gasteiger partial charge >= 0.3 is 0 Å². The second-order valence-corrected chi connectivity index (χ2v) is 6.16. The lowest BCUT2D eigenvalue weighted by atomic mass is 9.99. The summed E-state index contributed by atoms with van der Waals surface area (Å²) in [6.07, 6.45) is 5.48. The molecule has 0 N–H and O–H groups in total. The van der Waals surface area contributed by atoms with Gasteiger partial charge in [0.1, 0.15) is 0 Å². The summed E-state index contributed by atoms with van der Waals surface area (Å²) in [6, 6.07) is 9.67. The summed E-state index contributed by atoms with van der Waals surface area (Å²) in [7, 11) is 0. The van der Waals surface area contributed by atoms with Crippen LogP contribution in [0.3, 0.4) is 0 Å². The second-order valence-electron chi connectivity index (χ2n) is 6.16. The molecule has 19 heavy (non-hydrogen) atoms.